The molecule has 0 aromatic heterocycles. The van der Waals surface area contributed by atoms with Crippen LogP contribution in [-0.4, -0.2) is 5.78 Å². The van der Waals surface area contributed by atoms with E-state index < -0.39 is 0 Å². The highest BCUT2D eigenvalue weighted by Crippen LogP contribution is 2.36. The highest BCUT2D eigenvalue weighted by atomic mass is 16.1. The van der Waals surface area contributed by atoms with Crippen LogP contribution in [0.4, 0.5) is 0 Å². The Morgan fingerprint density at radius 2 is 1.65 bits per heavy atom. The van der Waals surface area contributed by atoms with Crippen LogP contribution in [0.2, 0.25) is 0 Å². The van der Waals surface area contributed by atoms with Gasteiger partial charge in [-0.15, -0.1) is 0 Å². The van der Waals surface area contributed by atoms with Gasteiger partial charge in [-0.25, -0.2) is 0 Å². The minimum atomic E-state index is 0.154. The quantitative estimate of drug-likeness (QED) is 0.728. The molecular formula is C19H20O. The van der Waals surface area contributed by atoms with Crippen LogP contribution in [-0.2, 0) is 0 Å². The summed E-state index contributed by atoms with van der Waals surface area (Å²) in [5.41, 5.74) is 5.13. The highest BCUT2D eigenvalue weighted by Gasteiger charge is 2.21. The molecule has 3 rings (SSSR count). The van der Waals surface area contributed by atoms with Crippen molar-refractivity contribution in [2.24, 2.45) is 0 Å². The zero-order valence-electron chi connectivity index (χ0n) is 12.1. The number of hydrogen-bond acceptors (Lipinski definition) is 1. The van der Waals surface area contributed by atoms with Gasteiger partial charge in [0, 0.05) is 11.1 Å². The van der Waals surface area contributed by atoms with E-state index in [4.69, 9.17) is 0 Å². The molecule has 0 saturated heterocycles. The molecule has 1 saturated carbocycles. The maximum atomic E-state index is 12.8. The van der Waals surface area contributed by atoms with Crippen molar-refractivity contribution in [1.82, 2.24) is 0 Å². The van der Waals surface area contributed by atoms with E-state index in [9.17, 15) is 4.79 Å². The SMILES string of the molecule is Cc1cccc(C)c1C(=O)c1cccc(C2CCC2)c1. The van der Waals surface area contributed by atoms with Crippen LogP contribution in [0, 0.1) is 13.8 Å². The summed E-state index contributed by atoms with van der Waals surface area (Å²) in [7, 11) is 0. The van der Waals surface area contributed by atoms with E-state index in [-0.39, 0.29) is 5.78 Å². The first kappa shape index (κ1) is 13.1. The molecule has 102 valence electrons. The maximum absolute atomic E-state index is 12.8. The Morgan fingerprint density at radius 1 is 1.00 bits per heavy atom. The molecule has 0 atom stereocenters. The van der Waals surface area contributed by atoms with Crippen LogP contribution in [0.5, 0.6) is 0 Å². The van der Waals surface area contributed by atoms with E-state index >= 15 is 0 Å². The summed E-state index contributed by atoms with van der Waals surface area (Å²) in [5, 5.41) is 0. The average Bonchev–Trinajstić information content (AvgIpc) is 2.36. The molecule has 0 amide bonds. The molecule has 1 fully saturated rings. The summed E-state index contributed by atoms with van der Waals surface area (Å²) in [6, 6.07) is 14.2. The number of ketones is 1. The maximum Gasteiger partial charge on any atom is 0.193 e. The summed E-state index contributed by atoms with van der Waals surface area (Å²) >= 11 is 0. The first-order chi connectivity index (χ1) is 9.66. The fourth-order valence-electron chi connectivity index (χ4n) is 2.99. The molecule has 0 spiro atoms. The van der Waals surface area contributed by atoms with Crippen LogP contribution in [0.1, 0.15) is 57.8 Å². The monoisotopic (exact) mass is 264 g/mol. The second kappa shape index (κ2) is 5.24. The lowest BCUT2D eigenvalue weighted by Gasteiger charge is -2.26. The van der Waals surface area contributed by atoms with E-state index in [2.05, 4.69) is 12.1 Å². The van der Waals surface area contributed by atoms with E-state index in [1.165, 1.54) is 24.8 Å². The van der Waals surface area contributed by atoms with Gasteiger partial charge in [0.15, 0.2) is 5.78 Å². The van der Waals surface area contributed by atoms with Crippen LogP contribution >= 0.6 is 0 Å². The van der Waals surface area contributed by atoms with Gasteiger partial charge in [-0.1, -0.05) is 42.8 Å². The first-order valence-corrected chi connectivity index (χ1v) is 7.37. The summed E-state index contributed by atoms with van der Waals surface area (Å²) in [4.78, 5) is 12.8. The Labute approximate surface area is 120 Å². The molecule has 20 heavy (non-hydrogen) atoms. The lowest BCUT2D eigenvalue weighted by Crippen LogP contribution is -2.11. The molecule has 2 aromatic rings. The molecular weight excluding hydrogens is 244 g/mol. The van der Waals surface area contributed by atoms with Crippen molar-refractivity contribution >= 4 is 5.78 Å². The number of carbonyl (C=O) groups excluding carboxylic acids is 1. The van der Waals surface area contributed by atoms with Crippen molar-refractivity contribution in [3.8, 4) is 0 Å². The summed E-state index contributed by atoms with van der Waals surface area (Å²) in [6.45, 7) is 4.02. The van der Waals surface area contributed by atoms with Gasteiger partial charge in [-0.2, -0.15) is 0 Å². The molecule has 0 N–H and O–H groups in total. The number of aryl methyl sites for hydroxylation is 2. The van der Waals surface area contributed by atoms with Crippen molar-refractivity contribution in [1.29, 1.82) is 0 Å². The summed E-state index contributed by atoms with van der Waals surface area (Å²) < 4.78 is 0. The number of carbonyl (C=O) groups is 1. The molecule has 1 nitrogen and oxygen atoms in total. The van der Waals surface area contributed by atoms with Crippen molar-refractivity contribution < 1.29 is 4.79 Å². The fraction of sp³-hybridized carbons (Fsp3) is 0.316. The summed E-state index contributed by atoms with van der Waals surface area (Å²) in [6.07, 6.45) is 3.85. The second-order valence-corrected chi connectivity index (χ2v) is 5.85. The molecule has 1 aliphatic carbocycles. The predicted molar refractivity (Wildman–Crippen MR) is 82.4 cm³/mol. The standard InChI is InChI=1S/C19H20O/c1-13-6-3-7-14(2)18(13)19(20)17-11-5-10-16(12-17)15-8-4-9-15/h3,5-7,10-12,15H,4,8-9H2,1-2H3. The topological polar surface area (TPSA) is 17.1 Å². The van der Waals surface area contributed by atoms with Gasteiger partial charge in [0.2, 0.25) is 0 Å². The van der Waals surface area contributed by atoms with Crippen LogP contribution in [0.25, 0.3) is 0 Å². The number of benzene rings is 2. The zero-order valence-corrected chi connectivity index (χ0v) is 12.1. The minimum Gasteiger partial charge on any atom is -0.289 e. The van der Waals surface area contributed by atoms with Crippen molar-refractivity contribution in [2.75, 3.05) is 0 Å². The van der Waals surface area contributed by atoms with Gasteiger partial charge in [0.05, 0.1) is 0 Å². The number of rotatable bonds is 3. The third kappa shape index (κ3) is 2.29. The van der Waals surface area contributed by atoms with Gasteiger partial charge in [0.1, 0.15) is 0 Å². The Morgan fingerprint density at radius 3 is 2.25 bits per heavy atom. The molecule has 0 heterocycles. The molecule has 1 heteroatoms. The van der Waals surface area contributed by atoms with Gasteiger partial charge < -0.3 is 0 Å². The Kier molecular flexibility index (Phi) is 3.43. The fourth-order valence-corrected chi connectivity index (χ4v) is 2.99. The highest BCUT2D eigenvalue weighted by molar-refractivity contribution is 6.10. The van der Waals surface area contributed by atoms with E-state index in [0.29, 0.717) is 5.92 Å². The Balaban J connectivity index is 1.98. The second-order valence-electron chi connectivity index (χ2n) is 5.85. The third-order valence-corrected chi connectivity index (χ3v) is 4.43. The van der Waals surface area contributed by atoms with Crippen molar-refractivity contribution in [3.05, 3.63) is 70.3 Å². The van der Waals surface area contributed by atoms with E-state index in [1.807, 2.05) is 44.2 Å². The minimum absolute atomic E-state index is 0.154. The van der Waals surface area contributed by atoms with Crippen LogP contribution < -0.4 is 0 Å². The van der Waals surface area contributed by atoms with Gasteiger partial charge in [-0.05, 0) is 55.4 Å². The lowest BCUT2D eigenvalue weighted by molar-refractivity contribution is 0.103. The van der Waals surface area contributed by atoms with Crippen LogP contribution in [0.3, 0.4) is 0 Å². The Bertz CT molecular complexity index is 630. The molecule has 0 unspecified atom stereocenters. The Hall–Kier alpha value is -1.89. The van der Waals surface area contributed by atoms with Crippen molar-refractivity contribution in [2.45, 2.75) is 39.0 Å². The molecule has 2 aromatic carbocycles. The largest absolute Gasteiger partial charge is 0.289 e. The van der Waals surface area contributed by atoms with Crippen molar-refractivity contribution in [3.63, 3.8) is 0 Å². The normalized spacial score (nSPS) is 14.9. The van der Waals surface area contributed by atoms with Gasteiger partial charge in [-0.3, -0.25) is 4.79 Å². The zero-order chi connectivity index (χ0) is 14.1. The van der Waals surface area contributed by atoms with Gasteiger partial charge >= 0.3 is 0 Å². The van der Waals surface area contributed by atoms with Gasteiger partial charge in [0.25, 0.3) is 0 Å². The average molecular weight is 264 g/mol. The third-order valence-electron chi connectivity index (χ3n) is 4.43. The first-order valence-electron chi connectivity index (χ1n) is 7.37. The predicted octanol–water partition coefficient (Wildman–Crippen LogP) is 4.80. The van der Waals surface area contributed by atoms with E-state index in [1.54, 1.807) is 0 Å². The molecule has 1 aliphatic rings. The van der Waals surface area contributed by atoms with E-state index in [0.717, 1.165) is 22.3 Å². The number of hydrogen-bond donors (Lipinski definition) is 0. The molecule has 0 radical (unpaired) electrons. The molecule has 0 bridgehead atoms. The lowest BCUT2D eigenvalue weighted by atomic mass is 9.79. The molecule has 0 aliphatic heterocycles. The summed E-state index contributed by atoms with van der Waals surface area (Å²) in [5.74, 6) is 0.822. The van der Waals surface area contributed by atoms with Crippen LogP contribution in [0.15, 0.2) is 42.5 Å². The smallest absolute Gasteiger partial charge is 0.193 e.